The van der Waals surface area contributed by atoms with Crippen molar-refractivity contribution in [1.29, 1.82) is 0 Å². The summed E-state index contributed by atoms with van der Waals surface area (Å²) in [5, 5.41) is 4.65. The third-order valence-electron chi connectivity index (χ3n) is 4.99. The fourth-order valence-corrected chi connectivity index (χ4v) is 3.74. The van der Waals surface area contributed by atoms with E-state index < -0.39 is 0 Å². The Balaban J connectivity index is 1.76. The highest BCUT2D eigenvalue weighted by molar-refractivity contribution is 6.11. The summed E-state index contributed by atoms with van der Waals surface area (Å²) in [5.74, 6) is 0.591. The van der Waals surface area contributed by atoms with Crippen LogP contribution >= 0.6 is 0 Å². The number of carbonyl (C=O) groups is 2. The summed E-state index contributed by atoms with van der Waals surface area (Å²) in [7, 11) is 0. The van der Waals surface area contributed by atoms with Gasteiger partial charge in [-0.05, 0) is 53.9 Å². The molecule has 148 valence electrons. The van der Waals surface area contributed by atoms with E-state index in [4.69, 9.17) is 4.74 Å². The molecule has 0 aromatic heterocycles. The Kier molecular flexibility index (Phi) is 5.21. The molecule has 5 heteroatoms. The van der Waals surface area contributed by atoms with Crippen LogP contribution in [-0.4, -0.2) is 42.5 Å². The molecule has 5 nitrogen and oxygen atoms in total. The molecule has 4 rings (SSSR count). The van der Waals surface area contributed by atoms with E-state index in [1.807, 2.05) is 68.4 Å². The summed E-state index contributed by atoms with van der Waals surface area (Å²) < 4.78 is 5.84. The number of amides is 2. The number of carbonyl (C=O) groups excluding carboxylic acids is 2. The van der Waals surface area contributed by atoms with Gasteiger partial charge in [-0.3, -0.25) is 9.59 Å². The largest absolute Gasteiger partial charge is 0.491 e. The number of nitrogens with one attached hydrogen (secondary N) is 1. The highest BCUT2D eigenvalue weighted by atomic mass is 16.5. The van der Waals surface area contributed by atoms with Crippen molar-refractivity contribution in [2.45, 2.75) is 20.0 Å². The summed E-state index contributed by atoms with van der Waals surface area (Å²) >= 11 is 0. The van der Waals surface area contributed by atoms with Crippen molar-refractivity contribution in [3.8, 4) is 16.9 Å². The van der Waals surface area contributed by atoms with Crippen molar-refractivity contribution >= 4 is 22.6 Å². The van der Waals surface area contributed by atoms with Gasteiger partial charge in [0.25, 0.3) is 5.91 Å². The molecule has 0 aliphatic carbocycles. The van der Waals surface area contributed by atoms with Crippen LogP contribution in [0.3, 0.4) is 0 Å². The zero-order chi connectivity index (χ0) is 20.4. The Bertz CT molecular complexity index is 1070. The van der Waals surface area contributed by atoms with E-state index in [-0.39, 0.29) is 24.5 Å². The summed E-state index contributed by atoms with van der Waals surface area (Å²) in [5.41, 5.74) is 2.70. The molecule has 2 amide bonds. The first-order valence-electron chi connectivity index (χ1n) is 9.88. The van der Waals surface area contributed by atoms with Crippen LogP contribution < -0.4 is 10.1 Å². The van der Waals surface area contributed by atoms with E-state index in [0.717, 1.165) is 27.6 Å². The second-order valence-corrected chi connectivity index (χ2v) is 7.48. The van der Waals surface area contributed by atoms with Gasteiger partial charge in [0.2, 0.25) is 5.91 Å². The highest BCUT2D eigenvalue weighted by Crippen LogP contribution is 2.32. The Morgan fingerprint density at radius 2 is 1.79 bits per heavy atom. The van der Waals surface area contributed by atoms with Gasteiger partial charge in [-0.15, -0.1) is 0 Å². The number of benzene rings is 3. The van der Waals surface area contributed by atoms with Crippen LogP contribution in [-0.2, 0) is 4.79 Å². The molecule has 3 aromatic carbocycles. The molecule has 1 heterocycles. The van der Waals surface area contributed by atoms with Crippen LogP contribution in [0.1, 0.15) is 24.2 Å². The molecule has 1 fully saturated rings. The Hall–Kier alpha value is -3.34. The third-order valence-corrected chi connectivity index (χ3v) is 4.99. The zero-order valence-electron chi connectivity index (χ0n) is 16.6. The second-order valence-electron chi connectivity index (χ2n) is 7.48. The van der Waals surface area contributed by atoms with Gasteiger partial charge >= 0.3 is 0 Å². The lowest BCUT2D eigenvalue weighted by atomic mass is 9.95. The first kappa shape index (κ1) is 19.0. The molecular formula is C24H24N2O3. The lowest BCUT2D eigenvalue weighted by Gasteiger charge is -2.27. The zero-order valence-corrected chi connectivity index (χ0v) is 16.6. The van der Waals surface area contributed by atoms with Crippen LogP contribution in [0.25, 0.3) is 21.9 Å². The van der Waals surface area contributed by atoms with E-state index in [1.165, 1.54) is 0 Å². The Labute approximate surface area is 170 Å². The van der Waals surface area contributed by atoms with Gasteiger partial charge in [-0.1, -0.05) is 42.5 Å². The molecule has 3 aromatic rings. The second kappa shape index (κ2) is 7.95. The first-order valence-corrected chi connectivity index (χ1v) is 9.88. The molecule has 29 heavy (non-hydrogen) atoms. The standard InChI is InChI=1S/C24H24N2O3/c1-16(2)29-18-7-3-6-17(14-18)19-8-4-10-21-20(19)9-5-11-22(21)24(28)26-13-12-25-23(27)15-26/h3-11,14,16H,12-13,15H2,1-2H3,(H,25,27). The van der Waals surface area contributed by atoms with E-state index in [2.05, 4.69) is 11.4 Å². The van der Waals surface area contributed by atoms with Crippen molar-refractivity contribution in [1.82, 2.24) is 10.2 Å². The predicted molar refractivity (Wildman–Crippen MR) is 114 cm³/mol. The van der Waals surface area contributed by atoms with Crippen molar-refractivity contribution in [3.63, 3.8) is 0 Å². The quantitative estimate of drug-likeness (QED) is 0.738. The molecule has 0 bridgehead atoms. The smallest absolute Gasteiger partial charge is 0.255 e. The van der Waals surface area contributed by atoms with Crippen LogP contribution in [0.15, 0.2) is 60.7 Å². The minimum atomic E-state index is -0.118. The molecule has 0 saturated carbocycles. The Morgan fingerprint density at radius 1 is 1.03 bits per heavy atom. The number of ether oxygens (including phenoxy) is 1. The van der Waals surface area contributed by atoms with Crippen molar-refractivity contribution in [3.05, 3.63) is 66.2 Å². The van der Waals surface area contributed by atoms with Gasteiger partial charge in [-0.25, -0.2) is 0 Å². The van der Waals surface area contributed by atoms with Gasteiger partial charge < -0.3 is 15.0 Å². The maximum absolute atomic E-state index is 13.1. The van der Waals surface area contributed by atoms with E-state index in [0.29, 0.717) is 18.7 Å². The molecule has 1 aliphatic rings. The van der Waals surface area contributed by atoms with Gasteiger partial charge in [0, 0.05) is 18.7 Å². The molecule has 0 unspecified atom stereocenters. The maximum Gasteiger partial charge on any atom is 0.255 e. The van der Waals surface area contributed by atoms with Gasteiger partial charge in [-0.2, -0.15) is 0 Å². The fraction of sp³-hybridized carbons (Fsp3) is 0.250. The summed E-state index contributed by atoms with van der Waals surface area (Å²) in [6.07, 6.45) is 0.101. The molecule has 1 aliphatic heterocycles. The SMILES string of the molecule is CC(C)Oc1cccc(-c2cccc3c(C(=O)N4CCNC(=O)C4)cccc23)c1. The van der Waals surface area contributed by atoms with Gasteiger partial charge in [0.1, 0.15) is 5.75 Å². The normalized spacial score (nSPS) is 14.2. The average Bonchev–Trinajstić information content (AvgIpc) is 2.72. The molecular weight excluding hydrogens is 364 g/mol. The molecule has 1 N–H and O–H groups in total. The number of fused-ring (bicyclic) bond motifs is 1. The van der Waals surface area contributed by atoms with Gasteiger partial charge in [0.05, 0.1) is 12.6 Å². The minimum absolute atomic E-state index is 0.101. The average molecular weight is 388 g/mol. The topological polar surface area (TPSA) is 58.6 Å². The Morgan fingerprint density at radius 3 is 2.59 bits per heavy atom. The summed E-state index contributed by atoms with van der Waals surface area (Å²) in [4.78, 5) is 26.4. The van der Waals surface area contributed by atoms with E-state index >= 15 is 0 Å². The first-order chi connectivity index (χ1) is 14.0. The van der Waals surface area contributed by atoms with Crippen LogP contribution in [0.5, 0.6) is 5.75 Å². The van der Waals surface area contributed by atoms with Crippen LogP contribution in [0.4, 0.5) is 0 Å². The summed E-state index contributed by atoms with van der Waals surface area (Å²) in [6.45, 7) is 5.12. The number of nitrogens with zero attached hydrogens (tertiary/aromatic N) is 1. The highest BCUT2D eigenvalue weighted by Gasteiger charge is 2.23. The lowest BCUT2D eigenvalue weighted by Crippen LogP contribution is -2.50. The van der Waals surface area contributed by atoms with Crippen molar-refractivity contribution in [2.75, 3.05) is 19.6 Å². The lowest BCUT2D eigenvalue weighted by molar-refractivity contribution is -0.123. The molecule has 0 radical (unpaired) electrons. The monoisotopic (exact) mass is 388 g/mol. The molecule has 0 spiro atoms. The van der Waals surface area contributed by atoms with Crippen LogP contribution in [0.2, 0.25) is 0 Å². The van der Waals surface area contributed by atoms with Crippen molar-refractivity contribution < 1.29 is 14.3 Å². The molecule has 1 saturated heterocycles. The number of piperazine rings is 1. The fourth-order valence-electron chi connectivity index (χ4n) is 3.74. The predicted octanol–water partition coefficient (Wildman–Crippen LogP) is 3.87. The van der Waals surface area contributed by atoms with Crippen molar-refractivity contribution in [2.24, 2.45) is 0 Å². The third kappa shape index (κ3) is 3.94. The number of hydrogen-bond donors (Lipinski definition) is 1. The van der Waals surface area contributed by atoms with E-state index in [9.17, 15) is 9.59 Å². The maximum atomic E-state index is 13.1. The molecule has 0 atom stereocenters. The minimum Gasteiger partial charge on any atom is -0.491 e. The number of rotatable bonds is 4. The summed E-state index contributed by atoms with van der Waals surface area (Å²) in [6, 6.07) is 19.7. The number of hydrogen-bond acceptors (Lipinski definition) is 3. The van der Waals surface area contributed by atoms with E-state index in [1.54, 1.807) is 4.90 Å². The van der Waals surface area contributed by atoms with Gasteiger partial charge in [0.15, 0.2) is 0 Å². The van der Waals surface area contributed by atoms with Crippen LogP contribution in [0, 0.1) is 0 Å².